The molecule has 1 aliphatic rings. The van der Waals surface area contributed by atoms with Gasteiger partial charge in [0.25, 0.3) is 0 Å². The number of benzene rings is 1. The normalized spacial score (nSPS) is 16.4. The van der Waals surface area contributed by atoms with Crippen LogP contribution in [-0.2, 0) is 4.79 Å². The summed E-state index contributed by atoms with van der Waals surface area (Å²) in [6.45, 7) is 9.55. The van der Waals surface area contributed by atoms with Crippen LogP contribution in [0.25, 0.3) is 0 Å². The Labute approximate surface area is 160 Å². The molecule has 1 fully saturated rings. The molecular formula is C20H29N5O2. The van der Waals surface area contributed by atoms with Gasteiger partial charge in [0.1, 0.15) is 11.6 Å². The molecule has 27 heavy (non-hydrogen) atoms. The summed E-state index contributed by atoms with van der Waals surface area (Å²) in [5.74, 6) is 1.62. The van der Waals surface area contributed by atoms with Gasteiger partial charge in [0.2, 0.25) is 5.91 Å². The Bertz CT molecular complexity index is 748. The molecule has 3 rings (SSSR count). The number of hydrogen-bond acceptors (Lipinski definition) is 5. The Kier molecular flexibility index (Phi) is 6.01. The van der Waals surface area contributed by atoms with Crippen molar-refractivity contribution in [3.8, 4) is 5.75 Å². The average Bonchev–Trinajstić information content (AvgIpc) is 3.16. The maximum absolute atomic E-state index is 12.7. The van der Waals surface area contributed by atoms with Crippen molar-refractivity contribution >= 4 is 17.4 Å². The standard InChI is InChI=1S/C20H29N5O2/c1-15(2)25-19(9-10-21-25)22-20(26)16(3)23-11-13-24(14-12-23)17-5-7-18(27-4)8-6-17/h5-10,15-16H,11-14H2,1-4H3,(H,22,26). The van der Waals surface area contributed by atoms with E-state index in [0.717, 1.165) is 37.7 Å². The highest BCUT2D eigenvalue weighted by molar-refractivity contribution is 5.93. The zero-order chi connectivity index (χ0) is 19.4. The number of amides is 1. The lowest BCUT2D eigenvalue weighted by Gasteiger charge is -2.38. The van der Waals surface area contributed by atoms with Crippen molar-refractivity contribution < 1.29 is 9.53 Å². The molecule has 0 spiro atoms. The third kappa shape index (κ3) is 4.42. The van der Waals surface area contributed by atoms with Gasteiger partial charge in [-0.2, -0.15) is 5.10 Å². The van der Waals surface area contributed by atoms with E-state index in [0.29, 0.717) is 0 Å². The number of piperazine rings is 1. The van der Waals surface area contributed by atoms with Gasteiger partial charge in [-0.15, -0.1) is 0 Å². The molecule has 0 radical (unpaired) electrons. The van der Waals surface area contributed by atoms with E-state index in [4.69, 9.17) is 4.74 Å². The highest BCUT2D eigenvalue weighted by Gasteiger charge is 2.26. The number of ether oxygens (including phenoxy) is 1. The number of rotatable bonds is 6. The maximum Gasteiger partial charge on any atom is 0.242 e. The van der Waals surface area contributed by atoms with E-state index in [1.54, 1.807) is 13.3 Å². The summed E-state index contributed by atoms with van der Waals surface area (Å²) in [5.41, 5.74) is 1.19. The van der Waals surface area contributed by atoms with Crippen molar-refractivity contribution in [3.63, 3.8) is 0 Å². The molecule has 0 aliphatic carbocycles. The molecule has 1 aromatic heterocycles. The quantitative estimate of drug-likeness (QED) is 0.846. The summed E-state index contributed by atoms with van der Waals surface area (Å²) in [5, 5.41) is 7.29. The van der Waals surface area contributed by atoms with Gasteiger partial charge in [0.05, 0.1) is 19.3 Å². The summed E-state index contributed by atoms with van der Waals surface area (Å²) < 4.78 is 7.05. The highest BCUT2D eigenvalue weighted by atomic mass is 16.5. The Hall–Kier alpha value is -2.54. The number of carbonyl (C=O) groups excluding carboxylic acids is 1. The van der Waals surface area contributed by atoms with E-state index in [2.05, 4.69) is 32.3 Å². The van der Waals surface area contributed by atoms with Crippen LogP contribution in [0.4, 0.5) is 11.5 Å². The maximum atomic E-state index is 12.7. The molecule has 0 bridgehead atoms. The predicted molar refractivity (Wildman–Crippen MR) is 107 cm³/mol. The van der Waals surface area contributed by atoms with Gasteiger partial charge in [-0.05, 0) is 45.0 Å². The SMILES string of the molecule is COc1ccc(N2CCN(C(C)C(=O)Nc3ccnn3C(C)C)CC2)cc1. The number of carbonyl (C=O) groups is 1. The molecule has 7 nitrogen and oxygen atoms in total. The van der Waals surface area contributed by atoms with Gasteiger partial charge in [-0.25, -0.2) is 4.68 Å². The Morgan fingerprint density at radius 2 is 1.74 bits per heavy atom. The molecule has 0 saturated carbocycles. The minimum atomic E-state index is -0.182. The number of anilines is 2. The van der Waals surface area contributed by atoms with E-state index in [9.17, 15) is 4.79 Å². The van der Waals surface area contributed by atoms with E-state index >= 15 is 0 Å². The van der Waals surface area contributed by atoms with Gasteiger partial charge in [0, 0.05) is 44.0 Å². The molecule has 1 saturated heterocycles. The molecule has 1 amide bonds. The van der Waals surface area contributed by atoms with Crippen LogP contribution in [0.1, 0.15) is 26.8 Å². The van der Waals surface area contributed by atoms with Crippen molar-refractivity contribution in [1.29, 1.82) is 0 Å². The lowest BCUT2D eigenvalue weighted by molar-refractivity contribution is -0.120. The first-order valence-corrected chi connectivity index (χ1v) is 9.47. The van der Waals surface area contributed by atoms with E-state index < -0.39 is 0 Å². The molecular weight excluding hydrogens is 342 g/mol. The highest BCUT2D eigenvalue weighted by Crippen LogP contribution is 2.21. The van der Waals surface area contributed by atoms with Crippen LogP contribution in [0.2, 0.25) is 0 Å². The van der Waals surface area contributed by atoms with Crippen molar-refractivity contribution in [2.24, 2.45) is 0 Å². The van der Waals surface area contributed by atoms with Crippen molar-refractivity contribution in [3.05, 3.63) is 36.5 Å². The summed E-state index contributed by atoms with van der Waals surface area (Å²) in [7, 11) is 1.67. The molecule has 2 aromatic rings. The van der Waals surface area contributed by atoms with Gasteiger partial charge in [0.15, 0.2) is 0 Å². The first kappa shape index (κ1) is 19.2. The lowest BCUT2D eigenvalue weighted by Crippen LogP contribution is -2.53. The topological polar surface area (TPSA) is 62.6 Å². The van der Waals surface area contributed by atoms with Crippen LogP contribution >= 0.6 is 0 Å². The minimum absolute atomic E-state index is 0.00953. The van der Waals surface area contributed by atoms with Crippen molar-refractivity contribution in [2.45, 2.75) is 32.9 Å². The molecule has 1 unspecified atom stereocenters. The number of nitrogens with zero attached hydrogens (tertiary/aromatic N) is 4. The molecule has 1 aromatic carbocycles. The fourth-order valence-corrected chi connectivity index (χ4v) is 3.38. The number of methoxy groups -OCH3 is 1. The van der Waals surface area contributed by atoms with Crippen LogP contribution in [0.5, 0.6) is 5.75 Å². The first-order chi connectivity index (χ1) is 13.0. The second kappa shape index (κ2) is 8.43. The second-order valence-corrected chi connectivity index (χ2v) is 7.14. The molecule has 7 heteroatoms. The lowest BCUT2D eigenvalue weighted by atomic mass is 10.2. The smallest absolute Gasteiger partial charge is 0.242 e. The average molecular weight is 371 g/mol. The van der Waals surface area contributed by atoms with Crippen molar-refractivity contribution in [2.75, 3.05) is 43.5 Å². The van der Waals surface area contributed by atoms with Crippen LogP contribution < -0.4 is 15.0 Å². The minimum Gasteiger partial charge on any atom is -0.497 e. The fourth-order valence-electron chi connectivity index (χ4n) is 3.38. The largest absolute Gasteiger partial charge is 0.497 e. The predicted octanol–water partition coefficient (Wildman–Crippen LogP) is 2.62. The Balaban J connectivity index is 1.55. The van der Waals surface area contributed by atoms with Crippen LogP contribution in [0.15, 0.2) is 36.5 Å². The Morgan fingerprint density at radius 1 is 1.07 bits per heavy atom. The van der Waals surface area contributed by atoms with Gasteiger partial charge >= 0.3 is 0 Å². The Morgan fingerprint density at radius 3 is 2.33 bits per heavy atom. The van der Waals surface area contributed by atoms with Gasteiger partial charge in [-0.1, -0.05) is 0 Å². The van der Waals surface area contributed by atoms with Gasteiger partial charge in [-0.3, -0.25) is 9.69 Å². The summed E-state index contributed by atoms with van der Waals surface area (Å²) in [6.07, 6.45) is 1.72. The van der Waals surface area contributed by atoms with Crippen LogP contribution in [0, 0.1) is 0 Å². The third-order valence-corrected chi connectivity index (χ3v) is 5.09. The number of hydrogen-bond donors (Lipinski definition) is 1. The summed E-state index contributed by atoms with van der Waals surface area (Å²) in [4.78, 5) is 17.3. The molecule has 2 heterocycles. The number of aromatic nitrogens is 2. The molecule has 146 valence electrons. The first-order valence-electron chi connectivity index (χ1n) is 9.47. The van der Waals surface area contributed by atoms with E-state index in [-0.39, 0.29) is 18.0 Å². The molecule has 1 N–H and O–H groups in total. The summed E-state index contributed by atoms with van der Waals surface area (Å²) in [6, 6.07) is 9.99. The van der Waals surface area contributed by atoms with Gasteiger partial charge < -0.3 is 15.0 Å². The fraction of sp³-hybridized carbons (Fsp3) is 0.500. The van der Waals surface area contributed by atoms with Crippen LogP contribution in [0.3, 0.4) is 0 Å². The van der Waals surface area contributed by atoms with E-state index in [1.807, 2.05) is 43.7 Å². The summed E-state index contributed by atoms with van der Waals surface area (Å²) >= 11 is 0. The molecule has 1 atom stereocenters. The zero-order valence-electron chi connectivity index (χ0n) is 16.6. The van der Waals surface area contributed by atoms with E-state index in [1.165, 1.54) is 5.69 Å². The second-order valence-electron chi connectivity index (χ2n) is 7.14. The van der Waals surface area contributed by atoms with Crippen LogP contribution in [-0.4, -0.2) is 59.9 Å². The van der Waals surface area contributed by atoms with Crippen molar-refractivity contribution in [1.82, 2.24) is 14.7 Å². The third-order valence-electron chi connectivity index (χ3n) is 5.09. The zero-order valence-corrected chi connectivity index (χ0v) is 16.6. The number of nitrogens with one attached hydrogen (secondary N) is 1. The monoisotopic (exact) mass is 371 g/mol. The molecule has 1 aliphatic heterocycles.